The van der Waals surface area contributed by atoms with Crippen LogP contribution >= 0.6 is 46.4 Å². The first-order chi connectivity index (χ1) is 53.9. The number of ether oxygens (including phenoxy) is 3. The third-order valence-corrected chi connectivity index (χ3v) is 23.2. The molecule has 25 heteroatoms. The van der Waals surface area contributed by atoms with Gasteiger partial charge in [0, 0.05) is 38.6 Å². The number of nitrogens with zero attached hydrogens (tertiary/aromatic N) is 9. The predicted octanol–water partition coefficient (Wildman–Crippen LogP) is 20.7. The maximum atomic E-state index is 14.2. The van der Waals surface area contributed by atoms with Crippen LogP contribution in [0.25, 0.3) is 10.4 Å². The van der Waals surface area contributed by atoms with Crippen molar-refractivity contribution in [2.24, 2.45) is 4.78 Å². The number of aromatic amines is 1. The molecule has 9 aromatic carbocycles. The fourth-order valence-electron chi connectivity index (χ4n) is 15.4. The van der Waals surface area contributed by atoms with Crippen molar-refractivity contribution in [2.75, 3.05) is 14.7 Å². The van der Waals surface area contributed by atoms with Gasteiger partial charge >= 0.3 is 11.7 Å². The number of halogens is 4. The quantitative estimate of drug-likeness (QED) is 0.0359. The van der Waals surface area contributed by atoms with Crippen LogP contribution in [0.3, 0.4) is 0 Å². The van der Waals surface area contributed by atoms with Gasteiger partial charge in [0.25, 0.3) is 0 Å². The number of aromatic nitrogens is 4. The third-order valence-electron chi connectivity index (χ3n) is 21.7. The molecule has 590 valence electrons. The van der Waals surface area contributed by atoms with Crippen LogP contribution in [-0.4, -0.2) is 79.3 Å². The summed E-state index contributed by atoms with van der Waals surface area (Å²) in [7, 11) is -1.45. The van der Waals surface area contributed by atoms with E-state index in [1.165, 1.54) is 4.68 Å². The van der Waals surface area contributed by atoms with Crippen LogP contribution < -0.4 is 34.6 Å². The second kappa shape index (κ2) is 32.4. The SMILES string of the molecule is CC.CC1(C)CCc2cc([C@]3(C)C(=O)N(c4ccc(CC(=O)Cl)cc4)c4ccc(Cl)cc43)ccc2O1.CC1(C)CCc2cc([C@]3(C)C(=O)N(c4ccc(CC(=O)O)cc4)c4ccc(Cl)cc43)ccc2O1.CC1(C)CCc2cc([C@]3(C)C(=O)N(c4ccc(Cn5nn[nH]c5=O)cc4)c4ccc(Cl)cc43)ccc2O1.C[Si](C)(C)N=[N+]=[N-]. The first-order valence-electron chi connectivity index (χ1n) is 38.0. The summed E-state index contributed by atoms with van der Waals surface area (Å²) in [6.45, 7) is 28.7. The van der Waals surface area contributed by atoms with Gasteiger partial charge in [-0.3, -0.25) is 38.7 Å². The number of aryl methyl sites for hydroxylation is 3. The van der Waals surface area contributed by atoms with Gasteiger partial charge in [-0.05, 0) is 309 Å². The molecule has 0 saturated carbocycles. The van der Waals surface area contributed by atoms with E-state index < -0.39 is 35.7 Å². The number of hydrogen-bond donors (Lipinski definition) is 2. The lowest BCUT2D eigenvalue weighted by molar-refractivity contribution is -0.136. The monoisotopic (exact) mass is 1630 g/mol. The highest BCUT2D eigenvalue weighted by atomic mass is 35.5. The molecule has 0 aliphatic carbocycles. The highest BCUT2D eigenvalue weighted by Crippen LogP contribution is 2.55. The lowest BCUT2D eigenvalue weighted by Crippen LogP contribution is -2.37. The molecular formula is C89H92Cl4N10O10Si. The number of benzene rings is 9. The minimum atomic E-state index is -1.45. The Balaban J connectivity index is 0.000000150. The average molecular weight is 1630 g/mol. The molecule has 0 saturated heterocycles. The molecule has 20 nitrogen and oxygen atoms in total. The van der Waals surface area contributed by atoms with Crippen molar-refractivity contribution in [3.63, 3.8) is 0 Å². The summed E-state index contributed by atoms with van der Waals surface area (Å²) in [5, 5.41) is 20.0. The largest absolute Gasteiger partial charge is 0.488 e. The first kappa shape index (κ1) is 82.9. The van der Waals surface area contributed by atoms with Gasteiger partial charge in [0.2, 0.25) is 23.0 Å². The number of rotatable bonds is 13. The van der Waals surface area contributed by atoms with E-state index >= 15 is 0 Å². The number of amides is 3. The molecule has 0 spiro atoms. The highest BCUT2D eigenvalue weighted by molar-refractivity contribution is 6.74. The van der Waals surface area contributed by atoms with Crippen LogP contribution in [0.5, 0.6) is 17.2 Å². The smallest absolute Gasteiger partial charge is 0.361 e. The highest BCUT2D eigenvalue weighted by Gasteiger charge is 2.53. The third kappa shape index (κ3) is 16.9. The van der Waals surface area contributed by atoms with Crippen molar-refractivity contribution in [3.8, 4) is 17.2 Å². The number of hydrogen-bond acceptors (Lipinski definition) is 12. The topological polar surface area (TPSA) is 255 Å². The van der Waals surface area contributed by atoms with Gasteiger partial charge < -0.3 is 19.3 Å². The Morgan fingerprint density at radius 2 is 0.816 bits per heavy atom. The number of H-pyrrole nitrogens is 1. The zero-order valence-corrected chi connectivity index (χ0v) is 70.4. The summed E-state index contributed by atoms with van der Waals surface area (Å²) >= 11 is 24.8. The van der Waals surface area contributed by atoms with E-state index in [-0.39, 0.29) is 59.6 Å². The average Bonchev–Trinajstić information content (AvgIpc) is 1.57. The second-order valence-corrected chi connectivity index (χ2v) is 38.7. The molecule has 0 radical (unpaired) electrons. The van der Waals surface area contributed by atoms with Crippen molar-refractivity contribution in [3.05, 3.63) is 285 Å². The van der Waals surface area contributed by atoms with Gasteiger partial charge in [0.05, 0.1) is 46.3 Å². The number of fused-ring (bicyclic) bond motifs is 6. The molecule has 1 aromatic heterocycles. The fraction of sp³-hybridized carbons (Fsp3) is 0.326. The van der Waals surface area contributed by atoms with E-state index in [0.717, 1.165) is 145 Å². The van der Waals surface area contributed by atoms with E-state index in [0.29, 0.717) is 26.3 Å². The molecule has 3 amide bonds. The summed E-state index contributed by atoms with van der Waals surface area (Å²) < 4.78 is 23.3. The minimum absolute atomic E-state index is 0.0528. The van der Waals surface area contributed by atoms with Gasteiger partial charge in [-0.1, -0.05) is 141 Å². The van der Waals surface area contributed by atoms with Crippen LogP contribution in [0.2, 0.25) is 34.7 Å². The number of carboxylic acid groups (broad SMARTS) is 1. The molecule has 2 N–H and O–H groups in total. The Bertz CT molecular complexity index is 5320. The number of tetrazole rings is 1. The zero-order chi connectivity index (χ0) is 82.4. The zero-order valence-electron chi connectivity index (χ0n) is 66.3. The van der Waals surface area contributed by atoms with E-state index in [2.05, 4.69) is 85.0 Å². The Labute approximate surface area is 685 Å². The molecule has 16 rings (SSSR count). The van der Waals surface area contributed by atoms with Crippen LogP contribution in [0, 0.1) is 0 Å². The van der Waals surface area contributed by atoms with Crippen molar-refractivity contribution in [1.29, 1.82) is 0 Å². The van der Waals surface area contributed by atoms with Gasteiger partial charge in [-0.2, -0.15) is 4.68 Å². The molecule has 114 heavy (non-hydrogen) atoms. The van der Waals surface area contributed by atoms with Gasteiger partial charge in [-0.25, -0.2) is 9.89 Å². The van der Waals surface area contributed by atoms with Gasteiger partial charge in [0.15, 0.2) is 0 Å². The number of anilines is 6. The van der Waals surface area contributed by atoms with Crippen LogP contribution in [0.1, 0.15) is 162 Å². The molecular weight excluding hydrogens is 1540 g/mol. The summed E-state index contributed by atoms with van der Waals surface area (Å²) in [6, 6.07) is 56.8. The predicted molar refractivity (Wildman–Crippen MR) is 452 cm³/mol. The van der Waals surface area contributed by atoms with Crippen molar-refractivity contribution in [2.45, 2.75) is 187 Å². The van der Waals surface area contributed by atoms with Gasteiger partial charge in [0.1, 0.15) is 42.3 Å². The van der Waals surface area contributed by atoms with Crippen molar-refractivity contribution >= 4 is 118 Å². The number of carboxylic acids is 1. The molecule has 0 fully saturated rings. The maximum Gasteiger partial charge on any atom is 0.361 e. The molecule has 0 unspecified atom stereocenters. The van der Waals surface area contributed by atoms with Gasteiger partial charge in [-0.15, -0.1) is 4.78 Å². The Kier molecular flexibility index (Phi) is 23.6. The normalized spacial score (nSPS) is 19.4. The molecule has 7 heterocycles. The minimum Gasteiger partial charge on any atom is -0.488 e. The van der Waals surface area contributed by atoms with E-state index in [9.17, 15) is 28.8 Å². The van der Waals surface area contributed by atoms with Crippen molar-refractivity contribution in [1.82, 2.24) is 20.2 Å². The molecule has 10 aromatic rings. The Morgan fingerprint density at radius 1 is 0.491 bits per heavy atom. The Hall–Kier alpha value is -10.5. The maximum absolute atomic E-state index is 14.2. The summed E-state index contributed by atoms with van der Waals surface area (Å²) in [5.41, 5.74) is 19.6. The fourth-order valence-corrected chi connectivity index (χ4v) is 16.3. The standard InChI is InChI=1S/C28H25Cl2NO3.C28H26ClN5O3.C28H26ClNO4.C3H9N3Si.C2H6/c1-27(2)13-12-18-15-19(6-11-24(18)34-27)28(3)22-16-20(29)7-10-23(22)31(26(28)33)21-8-4-17(5-9-21)14-25(30)32;1-27(2)13-12-18-14-19(6-11-24(18)37-27)28(3)22-15-20(29)7-10-23(22)34(25(28)35)21-8-4-17(5-9-21)16-33-26(36)30-31-32-33;1-27(2)13-12-18-15-19(6-11-24(18)34-27)28(3)22-16-20(29)7-10-23(22)30(26(28)33)21-8-4-17(5-9-21)14-25(31)32;1-7(2,3)6-5-4;1-2/h4-11,15-16H,12-14H2,1-3H3;4-11,14-15H,12-13,16H2,1-3H3,(H,30,32,36);4-11,15-16H,12-14H2,1-3H3,(H,31,32);1-3H3;1-2H3/t3*28-;;/m000../s1. The van der Waals surface area contributed by atoms with E-state index in [1.54, 1.807) is 57.2 Å². The summed E-state index contributed by atoms with van der Waals surface area (Å²) in [5.74, 6) is 1.54. The van der Waals surface area contributed by atoms with E-state index in [4.69, 9.17) is 71.3 Å². The van der Waals surface area contributed by atoms with Crippen LogP contribution in [-0.2, 0) is 78.9 Å². The number of aliphatic carboxylic acids is 1. The van der Waals surface area contributed by atoms with Crippen molar-refractivity contribution < 1.29 is 43.3 Å². The second-order valence-electron chi connectivity index (χ2n) is 32.5. The number of carbonyl (C=O) groups excluding carboxylic acids is 4. The molecule has 6 aliphatic rings. The lowest BCUT2D eigenvalue weighted by Gasteiger charge is -2.34. The lowest BCUT2D eigenvalue weighted by atomic mass is 9.76. The molecule has 6 aliphatic heterocycles. The number of carbonyl (C=O) groups is 5. The molecule has 0 bridgehead atoms. The van der Waals surface area contributed by atoms with Crippen LogP contribution in [0.15, 0.2) is 192 Å². The first-order valence-corrected chi connectivity index (χ1v) is 43.0. The Morgan fingerprint density at radius 3 is 1.10 bits per heavy atom. The number of azide groups is 1. The van der Waals surface area contributed by atoms with Crippen LogP contribution in [0.4, 0.5) is 34.1 Å². The molecule has 3 atom stereocenters. The number of nitrogens with one attached hydrogen (secondary N) is 1. The summed E-state index contributed by atoms with van der Waals surface area (Å²) in [6.07, 6.45) is 5.49. The summed E-state index contributed by atoms with van der Waals surface area (Å²) in [4.78, 5) is 84.4. The van der Waals surface area contributed by atoms with E-state index in [1.807, 2.05) is 176 Å².